The van der Waals surface area contributed by atoms with Gasteiger partial charge < -0.3 is 20.4 Å². The number of carbonyl (C=O) groups is 2. The molecule has 4 rings (SSSR count). The minimum Gasteiger partial charge on any atom is -0.423 e. The van der Waals surface area contributed by atoms with E-state index in [0.29, 0.717) is 36.9 Å². The summed E-state index contributed by atoms with van der Waals surface area (Å²) in [4.78, 5) is 25.0. The molecule has 1 aliphatic heterocycles. The van der Waals surface area contributed by atoms with Crippen LogP contribution in [0, 0.1) is 5.92 Å². The van der Waals surface area contributed by atoms with Gasteiger partial charge in [-0.3, -0.25) is 9.59 Å². The van der Waals surface area contributed by atoms with E-state index < -0.39 is 23.3 Å². The van der Waals surface area contributed by atoms with Crippen LogP contribution in [0.5, 0.6) is 0 Å². The standard InChI is InChI=1S/C24H28F3N7O3/c1-14(2)22-31-32-23(37-22)18-9-8-15(12-30-18)20(35)28-10-11-29-21(36)17-13-34(16-6-4-3-5-7-16)33-19(17)24(25,26)27/h3-7,13-15,18,30H,8-12H2,1-2H3,(H,28,35)(H,29,36)/t15-,18+/m1/s1. The van der Waals surface area contributed by atoms with Crippen LogP contribution in [-0.4, -0.2) is 51.4 Å². The van der Waals surface area contributed by atoms with Crippen LogP contribution in [0.2, 0.25) is 0 Å². The van der Waals surface area contributed by atoms with Gasteiger partial charge in [0, 0.05) is 31.7 Å². The second-order valence-electron chi connectivity index (χ2n) is 9.08. The maximum atomic E-state index is 13.5. The molecule has 1 saturated heterocycles. The monoisotopic (exact) mass is 519 g/mol. The largest absolute Gasteiger partial charge is 0.435 e. The molecule has 10 nitrogen and oxygen atoms in total. The van der Waals surface area contributed by atoms with E-state index in [2.05, 4.69) is 31.2 Å². The van der Waals surface area contributed by atoms with Gasteiger partial charge in [0.1, 0.15) is 0 Å². The lowest BCUT2D eigenvalue weighted by atomic mass is 9.94. The van der Waals surface area contributed by atoms with E-state index in [9.17, 15) is 22.8 Å². The molecule has 0 spiro atoms. The van der Waals surface area contributed by atoms with Crippen molar-refractivity contribution in [2.24, 2.45) is 5.92 Å². The molecule has 0 saturated carbocycles. The highest BCUT2D eigenvalue weighted by atomic mass is 19.4. The third-order valence-electron chi connectivity index (χ3n) is 5.99. The fraction of sp³-hybridized carbons (Fsp3) is 0.458. The highest BCUT2D eigenvalue weighted by Gasteiger charge is 2.39. The number of piperidine rings is 1. The number of rotatable bonds is 8. The van der Waals surface area contributed by atoms with Crippen LogP contribution in [0.4, 0.5) is 13.2 Å². The molecule has 198 valence electrons. The van der Waals surface area contributed by atoms with Gasteiger partial charge in [-0.05, 0) is 25.0 Å². The molecule has 1 fully saturated rings. The van der Waals surface area contributed by atoms with E-state index in [-0.39, 0.29) is 36.9 Å². The first kappa shape index (κ1) is 26.3. The second-order valence-corrected chi connectivity index (χ2v) is 9.08. The zero-order chi connectivity index (χ0) is 26.6. The number of aromatic nitrogens is 4. The van der Waals surface area contributed by atoms with Gasteiger partial charge in [0.2, 0.25) is 17.7 Å². The number of benzene rings is 1. The summed E-state index contributed by atoms with van der Waals surface area (Å²) in [5, 5.41) is 20.1. The average Bonchev–Trinajstić information content (AvgIpc) is 3.55. The molecular formula is C24H28F3N7O3. The summed E-state index contributed by atoms with van der Waals surface area (Å²) in [5.74, 6) is -0.232. The summed E-state index contributed by atoms with van der Waals surface area (Å²) in [6.07, 6.45) is -2.52. The van der Waals surface area contributed by atoms with E-state index >= 15 is 0 Å². The number of alkyl halides is 3. The molecule has 13 heteroatoms. The van der Waals surface area contributed by atoms with Crippen LogP contribution in [0.15, 0.2) is 40.9 Å². The van der Waals surface area contributed by atoms with Crippen molar-refractivity contribution in [3.8, 4) is 5.69 Å². The third kappa shape index (κ3) is 6.34. The van der Waals surface area contributed by atoms with Crippen molar-refractivity contribution >= 4 is 11.8 Å². The smallest absolute Gasteiger partial charge is 0.423 e. The summed E-state index contributed by atoms with van der Waals surface area (Å²) in [6, 6.07) is 8.07. The first-order valence-electron chi connectivity index (χ1n) is 12.0. The van der Waals surface area contributed by atoms with Crippen LogP contribution in [0.1, 0.15) is 66.5 Å². The first-order valence-corrected chi connectivity index (χ1v) is 12.0. The molecule has 1 aromatic carbocycles. The molecular weight excluding hydrogens is 491 g/mol. The number of nitrogens with one attached hydrogen (secondary N) is 3. The zero-order valence-electron chi connectivity index (χ0n) is 20.4. The fourth-order valence-electron chi connectivity index (χ4n) is 3.98. The summed E-state index contributed by atoms with van der Waals surface area (Å²) in [5.41, 5.74) is -1.48. The molecule has 2 aromatic heterocycles. The summed E-state index contributed by atoms with van der Waals surface area (Å²) in [7, 11) is 0. The Labute approximate surface area is 211 Å². The van der Waals surface area contributed by atoms with Crippen molar-refractivity contribution < 1.29 is 27.2 Å². The Kier molecular flexibility index (Phi) is 7.91. The normalized spacial score (nSPS) is 18.1. The van der Waals surface area contributed by atoms with Crippen molar-refractivity contribution in [3.05, 3.63) is 59.6 Å². The molecule has 2 atom stereocenters. The lowest BCUT2D eigenvalue weighted by Gasteiger charge is -2.27. The van der Waals surface area contributed by atoms with E-state index in [1.165, 1.54) is 0 Å². The van der Waals surface area contributed by atoms with Gasteiger partial charge in [-0.1, -0.05) is 32.0 Å². The van der Waals surface area contributed by atoms with Crippen LogP contribution in [0.3, 0.4) is 0 Å². The fourth-order valence-corrected chi connectivity index (χ4v) is 3.98. The molecule has 0 radical (unpaired) electrons. The van der Waals surface area contributed by atoms with Crippen molar-refractivity contribution in [1.82, 2.24) is 35.9 Å². The molecule has 3 aromatic rings. The molecule has 37 heavy (non-hydrogen) atoms. The van der Waals surface area contributed by atoms with Crippen molar-refractivity contribution in [2.45, 2.75) is 44.8 Å². The van der Waals surface area contributed by atoms with E-state index in [1.807, 2.05) is 13.8 Å². The van der Waals surface area contributed by atoms with Gasteiger partial charge in [-0.25, -0.2) is 4.68 Å². The van der Waals surface area contributed by atoms with E-state index in [0.717, 1.165) is 10.9 Å². The van der Waals surface area contributed by atoms with Crippen LogP contribution in [-0.2, 0) is 11.0 Å². The highest BCUT2D eigenvalue weighted by Crippen LogP contribution is 2.31. The molecule has 2 amide bonds. The molecule has 0 unspecified atom stereocenters. The van der Waals surface area contributed by atoms with Gasteiger partial charge in [0.05, 0.1) is 23.2 Å². The van der Waals surface area contributed by atoms with Crippen molar-refractivity contribution in [3.63, 3.8) is 0 Å². The SMILES string of the molecule is CC(C)c1nnc([C@@H]2CC[C@@H](C(=O)NCCNC(=O)c3cn(-c4ccccc4)nc3C(F)(F)F)CN2)o1. The lowest BCUT2D eigenvalue weighted by molar-refractivity contribution is -0.141. The molecule has 3 heterocycles. The van der Waals surface area contributed by atoms with E-state index in [1.54, 1.807) is 30.3 Å². The number of hydrogen-bond acceptors (Lipinski definition) is 7. The number of nitrogens with zero attached hydrogens (tertiary/aromatic N) is 4. The second kappa shape index (κ2) is 11.1. The minimum atomic E-state index is -4.80. The Morgan fingerprint density at radius 2 is 1.86 bits per heavy atom. The van der Waals surface area contributed by atoms with Gasteiger partial charge in [0.15, 0.2) is 5.69 Å². The molecule has 0 bridgehead atoms. The van der Waals surface area contributed by atoms with Crippen LogP contribution < -0.4 is 16.0 Å². The van der Waals surface area contributed by atoms with Crippen molar-refractivity contribution in [1.29, 1.82) is 0 Å². The predicted molar refractivity (Wildman–Crippen MR) is 126 cm³/mol. The average molecular weight is 520 g/mol. The predicted octanol–water partition coefficient (Wildman–Crippen LogP) is 2.98. The summed E-state index contributed by atoms with van der Waals surface area (Å²) < 4.78 is 47.1. The summed E-state index contributed by atoms with van der Waals surface area (Å²) in [6.45, 7) is 4.36. The first-order chi connectivity index (χ1) is 17.6. The number of hydrogen-bond donors (Lipinski definition) is 3. The Hall–Kier alpha value is -3.74. The molecule has 1 aliphatic rings. The van der Waals surface area contributed by atoms with Crippen molar-refractivity contribution in [2.75, 3.05) is 19.6 Å². The topological polar surface area (TPSA) is 127 Å². The van der Waals surface area contributed by atoms with E-state index in [4.69, 9.17) is 4.42 Å². The van der Waals surface area contributed by atoms with Crippen LogP contribution >= 0.6 is 0 Å². The zero-order valence-corrected chi connectivity index (χ0v) is 20.4. The van der Waals surface area contributed by atoms with Crippen LogP contribution in [0.25, 0.3) is 5.69 Å². The third-order valence-corrected chi connectivity index (χ3v) is 5.99. The Bertz CT molecular complexity index is 1220. The minimum absolute atomic E-state index is 0.0406. The Morgan fingerprint density at radius 3 is 2.49 bits per heavy atom. The lowest BCUT2D eigenvalue weighted by Crippen LogP contribution is -2.44. The molecule has 3 N–H and O–H groups in total. The van der Waals surface area contributed by atoms with Gasteiger partial charge in [-0.2, -0.15) is 18.3 Å². The maximum absolute atomic E-state index is 13.5. The van der Waals surface area contributed by atoms with Gasteiger partial charge >= 0.3 is 6.18 Å². The number of amides is 2. The van der Waals surface area contributed by atoms with Gasteiger partial charge in [0.25, 0.3) is 5.91 Å². The number of halogens is 3. The summed E-state index contributed by atoms with van der Waals surface area (Å²) >= 11 is 0. The van der Waals surface area contributed by atoms with Gasteiger partial charge in [-0.15, -0.1) is 10.2 Å². The number of para-hydroxylation sites is 1. The Morgan fingerprint density at radius 1 is 1.14 bits per heavy atom. The Balaban J connectivity index is 1.26. The quantitative estimate of drug-likeness (QED) is 0.391. The number of carbonyl (C=O) groups excluding carboxylic acids is 2. The maximum Gasteiger partial charge on any atom is 0.435 e. The molecule has 0 aliphatic carbocycles. The highest BCUT2D eigenvalue weighted by molar-refractivity contribution is 5.95.